The maximum atomic E-state index is 14.6. The molecule has 0 radical (unpaired) electrons. The summed E-state index contributed by atoms with van der Waals surface area (Å²) in [5, 5.41) is 3.13. The van der Waals surface area contributed by atoms with Gasteiger partial charge in [0.15, 0.2) is 0 Å². The molecule has 1 N–H and O–H groups in total. The fourth-order valence-electron chi connectivity index (χ4n) is 4.98. The highest BCUT2D eigenvalue weighted by atomic mass is 35.5. The highest BCUT2D eigenvalue weighted by Gasteiger charge is 2.35. The van der Waals surface area contributed by atoms with E-state index in [4.69, 9.17) is 23.2 Å². The third-order valence-corrected chi connectivity index (χ3v) is 10.2. The van der Waals surface area contributed by atoms with Crippen LogP contribution in [0.2, 0.25) is 10.0 Å². The monoisotopic (exact) mass is 679 g/mol. The minimum Gasteiger partial charge on any atom is -0.354 e. The lowest BCUT2D eigenvalue weighted by Gasteiger charge is -2.34. The Morgan fingerprint density at radius 2 is 1.48 bits per heavy atom. The van der Waals surface area contributed by atoms with Crippen LogP contribution in [0.15, 0.2) is 102 Å². The SMILES string of the molecule is Cc1ccc(S(=O)(=O)N(CC(=O)N(Cc2ccccc2C)C(Cc2ccccc2)C(=O)NCC(C)C)c2cccc(Cl)c2Cl)cc1. The molecule has 0 aliphatic heterocycles. The van der Waals surface area contributed by atoms with Gasteiger partial charge >= 0.3 is 0 Å². The first-order valence-electron chi connectivity index (χ1n) is 15.1. The van der Waals surface area contributed by atoms with Crippen molar-refractivity contribution in [1.82, 2.24) is 10.2 Å². The van der Waals surface area contributed by atoms with Crippen LogP contribution in [0.3, 0.4) is 0 Å². The van der Waals surface area contributed by atoms with Crippen LogP contribution < -0.4 is 9.62 Å². The topological polar surface area (TPSA) is 86.8 Å². The molecule has 1 unspecified atom stereocenters. The van der Waals surface area contributed by atoms with Crippen LogP contribution in [0, 0.1) is 19.8 Å². The average molecular weight is 681 g/mol. The van der Waals surface area contributed by atoms with Crippen molar-refractivity contribution in [3.8, 4) is 0 Å². The van der Waals surface area contributed by atoms with Gasteiger partial charge in [-0.25, -0.2) is 8.42 Å². The van der Waals surface area contributed by atoms with E-state index in [1.54, 1.807) is 24.3 Å². The minimum absolute atomic E-state index is 0.00591. The predicted octanol–water partition coefficient (Wildman–Crippen LogP) is 7.22. The number of nitrogens with one attached hydrogen (secondary N) is 1. The molecule has 4 rings (SSSR count). The molecule has 0 aliphatic rings. The number of benzene rings is 4. The van der Waals surface area contributed by atoms with Crippen molar-refractivity contribution in [3.63, 3.8) is 0 Å². The molecule has 0 saturated carbocycles. The summed E-state index contributed by atoms with van der Waals surface area (Å²) in [5.74, 6) is -0.717. The van der Waals surface area contributed by atoms with Crippen molar-refractivity contribution in [1.29, 1.82) is 0 Å². The average Bonchev–Trinajstić information content (AvgIpc) is 3.03. The molecule has 0 bridgehead atoms. The number of halogens is 2. The van der Waals surface area contributed by atoms with Crippen LogP contribution >= 0.6 is 23.2 Å². The second-order valence-corrected chi connectivity index (χ2v) is 14.3. The quantitative estimate of drug-likeness (QED) is 0.162. The Morgan fingerprint density at radius 3 is 2.13 bits per heavy atom. The highest BCUT2D eigenvalue weighted by Crippen LogP contribution is 2.35. The molecular formula is C36H39Cl2N3O4S. The van der Waals surface area contributed by atoms with E-state index in [1.807, 2.05) is 82.3 Å². The molecule has 1 atom stereocenters. The van der Waals surface area contributed by atoms with Crippen LogP contribution in [-0.2, 0) is 32.6 Å². The van der Waals surface area contributed by atoms with Crippen LogP contribution in [0.1, 0.15) is 36.1 Å². The number of amides is 2. The number of rotatable bonds is 13. The number of aryl methyl sites for hydroxylation is 2. The van der Waals surface area contributed by atoms with Crippen LogP contribution in [0.4, 0.5) is 5.69 Å². The number of carbonyl (C=O) groups excluding carboxylic acids is 2. The van der Waals surface area contributed by atoms with E-state index in [0.717, 1.165) is 26.6 Å². The normalized spacial score (nSPS) is 12.1. The van der Waals surface area contributed by atoms with Crippen LogP contribution in [0.25, 0.3) is 0 Å². The molecule has 2 amide bonds. The van der Waals surface area contributed by atoms with Gasteiger partial charge in [0, 0.05) is 19.5 Å². The van der Waals surface area contributed by atoms with Crippen molar-refractivity contribution in [2.24, 2.45) is 5.92 Å². The molecule has 7 nitrogen and oxygen atoms in total. The summed E-state index contributed by atoms with van der Waals surface area (Å²) >= 11 is 12.9. The van der Waals surface area contributed by atoms with Crippen LogP contribution in [0.5, 0.6) is 0 Å². The number of hydrogen-bond donors (Lipinski definition) is 1. The van der Waals surface area contributed by atoms with Crippen LogP contribution in [-0.4, -0.2) is 44.3 Å². The molecule has 4 aromatic rings. The van der Waals surface area contributed by atoms with Gasteiger partial charge < -0.3 is 10.2 Å². The van der Waals surface area contributed by atoms with Gasteiger partial charge in [-0.2, -0.15) is 0 Å². The summed E-state index contributed by atoms with van der Waals surface area (Å²) in [4.78, 5) is 30.0. The zero-order chi connectivity index (χ0) is 33.4. The molecule has 0 aromatic heterocycles. The lowest BCUT2D eigenvalue weighted by molar-refractivity contribution is -0.140. The lowest BCUT2D eigenvalue weighted by Crippen LogP contribution is -2.53. The Hall–Kier alpha value is -3.85. The van der Waals surface area contributed by atoms with Gasteiger partial charge in [0.1, 0.15) is 12.6 Å². The predicted molar refractivity (Wildman–Crippen MR) is 186 cm³/mol. The van der Waals surface area contributed by atoms with E-state index in [2.05, 4.69) is 5.32 Å². The first-order chi connectivity index (χ1) is 21.9. The molecule has 0 aliphatic carbocycles. The Bertz CT molecular complexity index is 1760. The Morgan fingerprint density at radius 1 is 0.826 bits per heavy atom. The van der Waals surface area contributed by atoms with E-state index < -0.39 is 28.5 Å². The summed E-state index contributed by atoms with van der Waals surface area (Å²) in [6.07, 6.45) is 0.227. The van der Waals surface area contributed by atoms with Gasteiger partial charge in [-0.1, -0.05) is 115 Å². The zero-order valence-electron chi connectivity index (χ0n) is 26.4. The Labute approximate surface area is 282 Å². The molecule has 0 spiro atoms. The molecule has 242 valence electrons. The molecule has 0 fully saturated rings. The largest absolute Gasteiger partial charge is 0.354 e. The molecular weight excluding hydrogens is 641 g/mol. The zero-order valence-corrected chi connectivity index (χ0v) is 28.7. The van der Waals surface area contributed by atoms with Gasteiger partial charge in [0.2, 0.25) is 11.8 Å². The standard InChI is InChI=1S/C36H39Cl2N3O4S/c1-25(2)22-39-36(43)33(21-28-12-6-5-7-13-28)40(23-29-14-9-8-11-27(29)4)34(42)24-41(32-16-10-15-31(37)35(32)38)46(44,45)30-19-17-26(3)18-20-30/h5-20,25,33H,21-24H2,1-4H3,(H,39,43). The Kier molecular flexibility index (Phi) is 11.9. The first kappa shape index (κ1) is 35.0. The fraction of sp³-hybridized carbons (Fsp3) is 0.278. The maximum Gasteiger partial charge on any atom is 0.264 e. The number of carbonyl (C=O) groups is 2. The minimum atomic E-state index is -4.30. The van der Waals surface area contributed by atoms with E-state index in [-0.39, 0.29) is 45.4 Å². The van der Waals surface area contributed by atoms with Crippen molar-refractivity contribution in [2.75, 3.05) is 17.4 Å². The van der Waals surface area contributed by atoms with Gasteiger partial charge in [0.25, 0.3) is 10.0 Å². The Balaban J connectivity index is 1.84. The van der Waals surface area contributed by atoms with Gasteiger partial charge in [-0.15, -0.1) is 0 Å². The second kappa shape index (κ2) is 15.6. The van der Waals surface area contributed by atoms with Crippen molar-refractivity contribution in [3.05, 3.63) is 129 Å². The van der Waals surface area contributed by atoms with Gasteiger partial charge in [0.05, 0.1) is 20.6 Å². The fourth-order valence-corrected chi connectivity index (χ4v) is 6.86. The molecule has 0 heterocycles. The van der Waals surface area contributed by atoms with E-state index in [0.29, 0.717) is 6.54 Å². The summed E-state index contributed by atoms with van der Waals surface area (Å²) < 4.78 is 29.4. The summed E-state index contributed by atoms with van der Waals surface area (Å²) in [7, 11) is -4.30. The van der Waals surface area contributed by atoms with E-state index in [1.165, 1.54) is 23.1 Å². The summed E-state index contributed by atoms with van der Waals surface area (Å²) in [6, 6.07) is 27.1. The van der Waals surface area contributed by atoms with Crippen molar-refractivity contribution in [2.45, 2.75) is 51.6 Å². The maximum absolute atomic E-state index is 14.6. The number of hydrogen-bond acceptors (Lipinski definition) is 4. The molecule has 46 heavy (non-hydrogen) atoms. The number of anilines is 1. The van der Waals surface area contributed by atoms with E-state index >= 15 is 0 Å². The van der Waals surface area contributed by atoms with Crippen molar-refractivity contribution < 1.29 is 18.0 Å². The van der Waals surface area contributed by atoms with Gasteiger partial charge in [-0.05, 0) is 60.7 Å². The number of sulfonamides is 1. The van der Waals surface area contributed by atoms with Gasteiger partial charge in [-0.3, -0.25) is 13.9 Å². The number of nitrogens with zero attached hydrogens (tertiary/aromatic N) is 2. The molecule has 0 saturated heterocycles. The third kappa shape index (κ3) is 8.69. The molecule has 4 aromatic carbocycles. The second-order valence-electron chi connectivity index (χ2n) is 11.7. The highest BCUT2D eigenvalue weighted by molar-refractivity contribution is 7.92. The third-order valence-electron chi connectivity index (χ3n) is 7.65. The smallest absolute Gasteiger partial charge is 0.264 e. The first-order valence-corrected chi connectivity index (χ1v) is 17.3. The summed E-state index contributed by atoms with van der Waals surface area (Å²) in [6.45, 7) is 7.65. The lowest BCUT2D eigenvalue weighted by atomic mass is 10.0. The summed E-state index contributed by atoms with van der Waals surface area (Å²) in [5.41, 5.74) is 3.56. The van der Waals surface area contributed by atoms with E-state index in [9.17, 15) is 18.0 Å². The molecule has 10 heteroatoms. The van der Waals surface area contributed by atoms with Crippen molar-refractivity contribution >= 4 is 50.7 Å².